The number of aliphatic hydroxyl groups is 1. The molecule has 1 aromatic rings. The van der Waals surface area contributed by atoms with Gasteiger partial charge >= 0.3 is 0 Å². The minimum Gasteiger partial charge on any atom is -0.395 e. The minimum atomic E-state index is -3.54. The molecule has 2 N–H and O–H groups in total. The van der Waals surface area contributed by atoms with Crippen LogP contribution in [0.5, 0.6) is 0 Å². The summed E-state index contributed by atoms with van der Waals surface area (Å²) in [5.74, 6) is 0. The van der Waals surface area contributed by atoms with Crippen LogP contribution >= 0.6 is 11.3 Å². The quantitative estimate of drug-likeness (QED) is 0.866. The van der Waals surface area contributed by atoms with Gasteiger partial charge in [-0.2, -0.15) is 17.4 Å². The molecule has 2 atom stereocenters. The predicted octanol–water partition coefficient (Wildman–Crippen LogP) is 1.49. The second-order valence-corrected chi connectivity index (χ2v) is 7.44. The Morgan fingerprint density at radius 3 is 3.00 bits per heavy atom. The van der Waals surface area contributed by atoms with E-state index in [1.807, 2.05) is 24.4 Å². The van der Waals surface area contributed by atoms with Crippen molar-refractivity contribution in [2.45, 2.75) is 38.3 Å². The summed E-state index contributed by atoms with van der Waals surface area (Å²) in [6.45, 7) is 2.20. The zero-order chi connectivity index (χ0) is 13.9. The Kier molecular flexibility index (Phi) is 4.97. The van der Waals surface area contributed by atoms with Crippen LogP contribution in [-0.4, -0.2) is 37.0 Å². The Labute approximate surface area is 118 Å². The van der Waals surface area contributed by atoms with Crippen LogP contribution < -0.4 is 4.72 Å². The van der Waals surface area contributed by atoms with Gasteiger partial charge in [0.2, 0.25) is 0 Å². The van der Waals surface area contributed by atoms with Gasteiger partial charge in [-0.1, -0.05) is 12.5 Å². The zero-order valence-corrected chi connectivity index (χ0v) is 12.6. The van der Waals surface area contributed by atoms with E-state index in [2.05, 4.69) is 4.72 Å². The highest BCUT2D eigenvalue weighted by atomic mass is 32.2. The van der Waals surface area contributed by atoms with Gasteiger partial charge in [0.15, 0.2) is 0 Å². The van der Waals surface area contributed by atoms with Crippen LogP contribution in [0.25, 0.3) is 0 Å². The summed E-state index contributed by atoms with van der Waals surface area (Å²) in [5, 5.41) is 11.2. The van der Waals surface area contributed by atoms with Gasteiger partial charge in [-0.25, -0.2) is 0 Å². The van der Waals surface area contributed by atoms with Crippen molar-refractivity contribution in [3.05, 3.63) is 22.4 Å². The van der Waals surface area contributed by atoms with Crippen molar-refractivity contribution in [1.29, 1.82) is 0 Å². The van der Waals surface area contributed by atoms with Crippen molar-refractivity contribution in [3.8, 4) is 0 Å². The molecule has 1 saturated heterocycles. The summed E-state index contributed by atoms with van der Waals surface area (Å²) in [6.07, 6.45) is 2.55. The lowest BCUT2D eigenvalue weighted by atomic mass is 10.1. The maximum absolute atomic E-state index is 12.4. The largest absolute Gasteiger partial charge is 0.395 e. The average molecular weight is 304 g/mol. The first kappa shape index (κ1) is 14.9. The number of thiophene rings is 1. The summed E-state index contributed by atoms with van der Waals surface area (Å²) in [4.78, 5) is 0.987. The van der Waals surface area contributed by atoms with Gasteiger partial charge in [0.05, 0.1) is 12.6 Å². The molecule has 1 fully saturated rings. The number of rotatable bonds is 5. The maximum atomic E-state index is 12.4. The topological polar surface area (TPSA) is 69.6 Å². The molecule has 1 aliphatic rings. The lowest BCUT2D eigenvalue weighted by molar-refractivity contribution is 0.153. The predicted molar refractivity (Wildman–Crippen MR) is 76.2 cm³/mol. The number of hydrogen-bond acceptors (Lipinski definition) is 4. The molecule has 2 rings (SSSR count). The first-order valence-corrected chi connectivity index (χ1v) is 8.80. The van der Waals surface area contributed by atoms with Crippen LogP contribution in [0.4, 0.5) is 0 Å². The molecule has 2 heterocycles. The van der Waals surface area contributed by atoms with Crippen molar-refractivity contribution in [2.24, 2.45) is 0 Å². The Balaban J connectivity index is 2.08. The van der Waals surface area contributed by atoms with Crippen LogP contribution in [-0.2, 0) is 10.2 Å². The molecule has 0 aliphatic carbocycles. The van der Waals surface area contributed by atoms with E-state index >= 15 is 0 Å². The summed E-state index contributed by atoms with van der Waals surface area (Å²) < 4.78 is 28.8. The second kappa shape index (κ2) is 6.32. The van der Waals surface area contributed by atoms with Crippen molar-refractivity contribution in [3.63, 3.8) is 0 Å². The van der Waals surface area contributed by atoms with Crippen LogP contribution in [0, 0.1) is 0 Å². The van der Waals surface area contributed by atoms with E-state index in [0.29, 0.717) is 6.54 Å². The molecule has 1 aliphatic heterocycles. The highest BCUT2D eigenvalue weighted by Crippen LogP contribution is 2.23. The molecule has 0 saturated carbocycles. The molecular weight excluding hydrogens is 284 g/mol. The summed E-state index contributed by atoms with van der Waals surface area (Å²) in [7, 11) is -3.54. The molecule has 7 heteroatoms. The monoisotopic (exact) mass is 304 g/mol. The third-order valence-corrected chi connectivity index (χ3v) is 6.19. The molecule has 0 spiro atoms. The normalized spacial score (nSPS) is 23.4. The standard InChI is InChI=1S/C12H20N2O3S2/c1-10(12-6-4-8-18-12)13-19(16,17)14-7-3-2-5-11(14)9-15/h4,6,8,10-11,13,15H,2-3,5,7,9H2,1H3. The molecule has 0 aromatic carbocycles. The Hall–Kier alpha value is -0.470. The van der Waals surface area contributed by atoms with Gasteiger partial charge in [-0.15, -0.1) is 11.3 Å². The summed E-state index contributed by atoms with van der Waals surface area (Å²) in [6, 6.07) is 3.29. The number of nitrogens with zero attached hydrogens (tertiary/aromatic N) is 1. The highest BCUT2D eigenvalue weighted by Gasteiger charge is 2.32. The molecule has 0 bridgehead atoms. The first-order chi connectivity index (χ1) is 9.04. The van der Waals surface area contributed by atoms with Gasteiger partial charge in [0.25, 0.3) is 10.2 Å². The number of hydrogen-bond donors (Lipinski definition) is 2. The van der Waals surface area contributed by atoms with Crippen LogP contribution in [0.1, 0.15) is 37.1 Å². The van der Waals surface area contributed by atoms with E-state index in [-0.39, 0.29) is 18.7 Å². The highest BCUT2D eigenvalue weighted by molar-refractivity contribution is 7.87. The molecule has 108 valence electrons. The fraction of sp³-hybridized carbons (Fsp3) is 0.667. The summed E-state index contributed by atoms with van der Waals surface area (Å²) in [5.41, 5.74) is 0. The van der Waals surface area contributed by atoms with Gasteiger partial charge in [-0.05, 0) is 31.2 Å². The van der Waals surface area contributed by atoms with Crippen LogP contribution in [0.2, 0.25) is 0 Å². The van der Waals surface area contributed by atoms with Gasteiger partial charge in [-0.3, -0.25) is 0 Å². The van der Waals surface area contributed by atoms with Crippen molar-refractivity contribution >= 4 is 21.5 Å². The molecule has 1 aromatic heterocycles. The smallest absolute Gasteiger partial charge is 0.280 e. The van der Waals surface area contributed by atoms with Gasteiger partial charge < -0.3 is 5.11 Å². The number of aliphatic hydroxyl groups excluding tert-OH is 1. The van der Waals surface area contributed by atoms with E-state index in [0.717, 1.165) is 24.1 Å². The fourth-order valence-corrected chi connectivity index (χ4v) is 4.81. The molecule has 0 radical (unpaired) electrons. The average Bonchev–Trinajstić information content (AvgIpc) is 2.92. The van der Waals surface area contributed by atoms with E-state index in [1.165, 1.54) is 15.6 Å². The lowest BCUT2D eigenvalue weighted by Crippen LogP contribution is -2.50. The molecule has 2 unspecified atom stereocenters. The molecular formula is C12H20N2O3S2. The van der Waals surface area contributed by atoms with Gasteiger partial charge in [0.1, 0.15) is 0 Å². The van der Waals surface area contributed by atoms with E-state index in [4.69, 9.17) is 0 Å². The Morgan fingerprint density at radius 2 is 2.37 bits per heavy atom. The van der Waals surface area contributed by atoms with Crippen molar-refractivity contribution < 1.29 is 13.5 Å². The molecule has 0 amide bonds. The van der Waals surface area contributed by atoms with Crippen LogP contribution in [0.3, 0.4) is 0 Å². The molecule has 19 heavy (non-hydrogen) atoms. The first-order valence-electron chi connectivity index (χ1n) is 6.48. The van der Waals surface area contributed by atoms with Gasteiger partial charge in [0, 0.05) is 17.5 Å². The maximum Gasteiger partial charge on any atom is 0.280 e. The van der Waals surface area contributed by atoms with E-state index < -0.39 is 10.2 Å². The molecule has 5 nitrogen and oxygen atoms in total. The SMILES string of the molecule is CC(NS(=O)(=O)N1CCCCC1CO)c1cccs1. The third-order valence-electron chi connectivity index (χ3n) is 3.39. The Morgan fingerprint density at radius 1 is 1.58 bits per heavy atom. The van der Waals surface area contributed by atoms with E-state index in [9.17, 15) is 13.5 Å². The number of piperidine rings is 1. The lowest BCUT2D eigenvalue weighted by Gasteiger charge is -2.34. The Bertz CT molecular complexity index is 487. The summed E-state index contributed by atoms with van der Waals surface area (Å²) >= 11 is 1.53. The van der Waals surface area contributed by atoms with Crippen LogP contribution in [0.15, 0.2) is 17.5 Å². The van der Waals surface area contributed by atoms with Crippen molar-refractivity contribution in [1.82, 2.24) is 9.03 Å². The van der Waals surface area contributed by atoms with E-state index in [1.54, 1.807) is 0 Å². The van der Waals surface area contributed by atoms with Crippen molar-refractivity contribution in [2.75, 3.05) is 13.2 Å². The second-order valence-electron chi connectivity index (χ2n) is 4.80. The zero-order valence-electron chi connectivity index (χ0n) is 10.9. The third kappa shape index (κ3) is 3.55. The fourth-order valence-electron chi connectivity index (χ4n) is 2.36. The minimum absolute atomic E-state index is 0.117. The number of nitrogens with one attached hydrogen (secondary N) is 1.